The maximum Gasteiger partial charge on any atom is 0.308 e. The van der Waals surface area contributed by atoms with Crippen molar-refractivity contribution in [3.8, 4) is 0 Å². The first-order chi connectivity index (χ1) is 32.8. The van der Waals surface area contributed by atoms with E-state index in [-0.39, 0.29) is 82.8 Å². The highest BCUT2D eigenvalue weighted by molar-refractivity contribution is 5.73. The van der Waals surface area contributed by atoms with Gasteiger partial charge in [-0.05, 0) is 84.6 Å². The van der Waals surface area contributed by atoms with Gasteiger partial charge < -0.3 is 33.5 Å². The number of aliphatic hydroxyl groups is 1. The van der Waals surface area contributed by atoms with Gasteiger partial charge in [0.15, 0.2) is 0 Å². The van der Waals surface area contributed by atoms with Crippen LogP contribution >= 0.6 is 0 Å². The van der Waals surface area contributed by atoms with Crippen molar-refractivity contribution in [1.82, 2.24) is 0 Å². The summed E-state index contributed by atoms with van der Waals surface area (Å²) >= 11 is 0. The summed E-state index contributed by atoms with van der Waals surface area (Å²) in [6, 6.07) is 10.1. The standard InChI is InChI=1S/C12H16O.C11H20O2.C10H18O2.C8H16O2.C7H14O2.C6H12O2.C5H10O/c1-10(2)11(3)13-9-12-7-5-4-6-8-12;1-9(2)11(12)13-8-10-6-4-3-5-7-10;1-8(2)10(11)12-7-9-5-3-4-6-9;1-6(2)7(9)10-8(3,4)5;1-5(2)7(8)9-6(3)4;1-4-8-6(7)5(2)3;1-4(2)5(3)6/h4-8,10H,3,9H2,1-2H3;9-10H,3-8H2,1-2H3;8-9H,3-7H2,1-2H3;6H,1-5H3;5-6H,1-4H3;5H,4H2,1-3H3;4,6H,3H2,1-2H3. The van der Waals surface area contributed by atoms with Crippen LogP contribution in [-0.4, -0.2) is 66.5 Å². The molecule has 2 aliphatic carbocycles. The van der Waals surface area contributed by atoms with Gasteiger partial charge in [0, 0.05) is 11.8 Å². The van der Waals surface area contributed by atoms with E-state index in [9.17, 15) is 24.0 Å². The molecule has 1 aromatic rings. The molecule has 0 bridgehead atoms. The molecule has 0 aromatic heterocycles. The van der Waals surface area contributed by atoms with Gasteiger partial charge in [0.1, 0.15) is 12.2 Å². The van der Waals surface area contributed by atoms with Gasteiger partial charge in [-0.2, -0.15) is 0 Å². The van der Waals surface area contributed by atoms with Crippen molar-refractivity contribution in [2.75, 3.05) is 19.8 Å². The number of benzene rings is 1. The molecular weight excluding hydrogens is 901 g/mol. The van der Waals surface area contributed by atoms with Crippen LogP contribution in [-0.2, 0) is 59.0 Å². The fourth-order valence-electron chi connectivity index (χ4n) is 5.28. The van der Waals surface area contributed by atoms with Gasteiger partial charge in [0.05, 0.1) is 67.0 Å². The molecule has 0 saturated heterocycles. The molecule has 12 nitrogen and oxygen atoms in total. The monoisotopic (exact) mass is 1010 g/mol. The van der Waals surface area contributed by atoms with Crippen LogP contribution in [0.15, 0.2) is 55.0 Å². The van der Waals surface area contributed by atoms with E-state index in [1.165, 1.54) is 63.4 Å². The molecule has 71 heavy (non-hydrogen) atoms. The van der Waals surface area contributed by atoms with E-state index in [1.807, 2.05) is 148 Å². The Kier molecular flexibility index (Phi) is 44.6. The van der Waals surface area contributed by atoms with Gasteiger partial charge >= 0.3 is 29.8 Å². The number of carbonyl (C=O) groups is 5. The fourth-order valence-corrected chi connectivity index (χ4v) is 5.28. The van der Waals surface area contributed by atoms with E-state index in [2.05, 4.69) is 31.7 Å². The van der Waals surface area contributed by atoms with Crippen LogP contribution in [0.4, 0.5) is 0 Å². The summed E-state index contributed by atoms with van der Waals surface area (Å²) in [6.45, 7) is 47.0. The molecule has 0 radical (unpaired) electrons. The first kappa shape index (κ1) is 73.2. The van der Waals surface area contributed by atoms with Crippen LogP contribution in [0.1, 0.15) is 202 Å². The number of esters is 5. The molecule has 0 atom stereocenters. The molecule has 414 valence electrons. The summed E-state index contributed by atoms with van der Waals surface area (Å²) in [6.07, 6.45) is 11.6. The number of rotatable bonds is 16. The first-order valence-corrected chi connectivity index (χ1v) is 26.4. The van der Waals surface area contributed by atoms with Crippen LogP contribution in [0.3, 0.4) is 0 Å². The summed E-state index contributed by atoms with van der Waals surface area (Å²) in [4.78, 5) is 54.4. The van der Waals surface area contributed by atoms with Gasteiger partial charge in [-0.15, -0.1) is 0 Å². The zero-order chi connectivity index (χ0) is 55.9. The third kappa shape index (κ3) is 49.0. The minimum Gasteiger partial charge on any atom is -0.513 e. The van der Waals surface area contributed by atoms with E-state index >= 15 is 0 Å². The fraction of sp³-hybridized carbons (Fsp3) is 0.746. The molecule has 0 spiro atoms. The summed E-state index contributed by atoms with van der Waals surface area (Å²) in [5.41, 5.74) is 0.839. The first-order valence-electron chi connectivity index (χ1n) is 26.4. The largest absolute Gasteiger partial charge is 0.513 e. The average Bonchev–Trinajstić information content (AvgIpc) is 3.81. The maximum absolute atomic E-state index is 11.2. The molecule has 2 aliphatic rings. The molecule has 2 saturated carbocycles. The van der Waals surface area contributed by atoms with Crippen LogP contribution < -0.4 is 0 Å². The number of ether oxygens (including phenoxy) is 6. The molecule has 0 aliphatic heterocycles. The highest BCUT2D eigenvalue weighted by Crippen LogP contribution is 2.25. The predicted molar refractivity (Wildman–Crippen MR) is 290 cm³/mol. The van der Waals surface area contributed by atoms with Crippen LogP contribution in [0.5, 0.6) is 0 Å². The van der Waals surface area contributed by atoms with Crippen LogP contribution in [0.2, 0.25) is 0 Å². The minimum absolute atomic E-state index is 0.00704. The Morgan fingerprint density at radius 2 is 0.873 bits per heavy atom. The SMILES string of the molecule is C=C(O)C(C)C.C=C(OCc1ccccc1)C(C)C.CC(C)C(=O)OC(C)(C)C.CC(C)C(=O)OCC1CCCC1.CC(C)C(=O)OCC1CCCCC1.CC(C)OC(=O)C(C)C.CCOC(=O)C(C)C. The second kappa shape index (κ2) is 43.3. The van der Waals surface area contributed by atoms with Crippen molar-refractivity contribution in [3.63, 3.8) is 0 Å². The second-order valence-corrected chi connectivity index (χ2v) is 21.5. The molecule has 3 rings (SSSR count). The lowest BCUT2D eigenvalue weighted by atomic mass is 9.90. The van der Waals surface area contributed by atoms with Gasteiger partial charge in [0.25, 0.3) is 0 Å². The van der Waals surface area contributed by atoms with Gasteiger partial charge in [-0.25, -0.2) is 0 Å². The van der Waals surface area contributed by atoms with Gasteiger partial charge in [0.2, 0.25) is 0 Å². The Morgan fingerprint density at radius 1 is 0.521 bits per heavy atom. The van der Waals surface area contributed by atoms with Crippen molar-refractivity contribution in [1.29, 1.82) is 0 Å². The highest BCUT2D eigenvalue weighted by atomic mass is 16.6. The Balaban J connectivity index is -0.000000374. The Labute approximate surface area is 434 Å². The molecular formula is C59H106O12. The van der Waals surface area contributed by atoms with Crippen molar-refractivity contribution >= 4 is 29.8 Å². The van der Waals surface area contributed by atoms with E-state index in [0.29, 0.717) is 44.2 Å². The molecule has 0 unspecified atom stereocenters. The highest BCUT2D eigenvalue weighted by Gasteiger charge is 2.20. The summed E-state index contributed by atoms with van der Waals surface area (Å²) in [5, 5.41) is 8.44. The lowest BCUT2D eigenvalue weighted by Gasteiger charge is -2.21. The smallest absolute Gasteiger partial charge is 0.308 e. The molecule has 1 N–H and O–H groups in total. The quantitative estimate of drug-likeness (QED) is 0.0949. The molecule has 2 fully saturated rings. The average molecular weight is 1010 g/mol. The maximum atomic E-state index is 11.2. The Bertz CT molecular complexity index is 1540. The summed E-state index contributed by atoms with van der Waals surface area (Å²) in [5.74, 6) is 2.53. The minimum atomic E-state index is -0.346. The van der Waals surface area contributed by atoms with E-state index in [0.717, 1.165) is 5.76 Å². The second-order valence-electron chi connectivity index (χ2n) is 21.5. The van der Waals surface area contributed by atoms with Crippen LogP contribution in [0.25, 0.3) is 0 Å². The van der Waals surface area contributed by atoms with Crippen molar-refractivity contribution in [2.45, 2.75) is 215 Å². The molecule has 1 aromatic carbocycles. The Hall–Kier alpha value is -4.35. The zero-order valence-electron chi connectivity index (χ0n) is 48.7. The third-order valence-electron chi connectivity index (χ3n) is 10.1. The Morgan fingerprint density at radius 3 is 1.13 bits per heavy atom. The van der Waals surface area contributed by atoms with Gasteiger partial charge in [-0.3, -0.25) is 24.0 Å². The number of hydrogen-bond donors (Lipinski definition) is 1. The van der Waals surface area contributed by atoms with Crippen molar-refractivity contribution < 1.29 is 57.5 Å². The number of hydrogen-bond acceptors (Lipinski definition) is 12. The topological polar surface area (TPSA) is 161 Å². The van der Waals surface area contributed by atoms with E-state index in [4.69, 9.17) is 28.8 Å². The molecule has 0 amide bonds. The van der Waals surface area contributed by atoms with Gasteiger partial charge in [-0.1, -0.05) is 173 Å². The van der Waals surface area contributed by atoms with Crippen molar-refractivity contribution in [3.05, 3.63) is 60.6 Å². The lowest BCUT2D eigenvalue weighted by molar-refractivity contribution is -0.158. The number of aliphatic hydroxyl groups excluding tert-OH is 1. The van der Waals surface area contributed by atoms with E-state index < -0.39 is 0 Å². The summed E-state index contributed by atoms with van der Waals surface area (Å²) in [7, 11) is 0. The number of allylic oxidation sites excluding steroid dienone is 2. The summed E-state index contributed by atoms with van der Waals surface area (Å²) < 4.78 is 30.4. The normalized spacial score (nSPS) is 13.3. The lowest BCUT2D eigenvalue weighted by Crippen LogP contribution is -2.26. The zero-order valence-corrected chi connectivity index (χ0v) is 48.7. The van der Waals surface area contributed by atoms with Crippen molar-refractivity contribution in [2.24, 2.45) is 53.3 Å². The number of carbonyl (C=O) groups excluding carboxylic acids is 5. The molecule has 0 heterocycles. The van der Waals surface area contributed by atoms with Crippen LogP contribution in [0, 0.1) is 53.3 Å². The molecule has 12 heteroatoms. The third-order valence-corrected chi connectivity index (χ3v) is 10.1. The predicted octanol–water partition coefficient (Wildman–Crippen LogP) is 15.0. The van der Waals surface area contributed by atoms with E-state index in [1.54, 1.807) is 6.92 Å².